The minimum Gasteiger partial charge on any atom is -0.279 e. The Morgan fingerprint density at radius 1 is 0.333 bits per heavy atom. The highest BCUT2D eigenvalue weighted by atomic mass is 15.2. The van der Waals surface area contributed by atoms with E-state index in [0.717, 1.165) is 99.0 Å². The van der Waals surface area contributed by atoms with Crippen molar-refractivity contribution < 1.29 is 0 Å². The van der Waals surface area contributed by atoms with Crippen LogP contribution in [0.15, 0.2) is 188 Å². The maximum atomic E-state index is 5.42. The lowest BCUT2D eigenvalue weighted by molar-refractivity contribution is 0.979. The Hall–Kier alpha value is -8.29. The number of imidazole rings is 1. The minimum atomic E-state index is 0.603. The molecule has 0 aliphatic carbocycles. The molecular weight excluding hydrogens is 735 g/mol. The second kappa shape index (κ2) is 12.6. The highest BCUT2D eigenvalue weighted by Gasteiger charge is 2.23. The van der Waals surface area contributed by atoms with Crippen LogP contribution in [0.1, 0.15) is 0 Å². The van der Waals surface area contributed by atoms with E-state index < -0.39 is 0 Å². The van der Waals surface area contributed by atoms with Crippen molar-refractivity contribution in [3.8, 4) is 40.1 Å². The summed E-state index contributed by atoms with van der Waals surface area (Å²) in [7, 11) is 0. The largest absolute Gasteiger partial charge is 0.279 e. The first-order valence-corrected chi connectivity index (χ1v) is 20.1. The molecule has 0 fully saturated rings. The lowest BCUT2D eigenvalue weighted by Gasteiger charge is -2.13. The minimum absolute atomic E-state index is 0.603. The van der Waals surface area contributed by atoms with Crippen LogP contribution >= 0.6 is 0 Å². The van der Waals surface area contributed by atoms with Crippen molar-refractivity contribution in [1.82, 2.24) is 33.9 Å². The maximum Gasteiger partial charge on any atom is 0.221 e. The zero-order valence-electron chi connectivity index (χ0n) is 32.0. The number of fused-ring (bicyclic) bond motifs is 13. The molecule has 0 aliphatic heterocycles. The van der Waals surface area contributed by atoms with Crippen molar-refractivity contribution in [2.75, 3.05) is 0 Å². The van der Waals surface area contributed by atoms with Crippen molar-refractivity contribution in [2.45, 2.75) is 0 Å². The third-order valence-electron chi connectivity index (χ3n) is 11.9. The van der Waals surface area contributed by atoms with E-state index in [1.165, 1.54) is 5.39 Å². The van der Waals surface area contributed by atoms with Crippen LogP contribution in [-0.2, 0) is 0 Å². The van der Waals surface area contributed by atoms with Crippen LogP contribution in [0.25, 0.3) is 122 Å². The van der Waals surface area contributed by atoms with E-state index in [4.69, 9.17) is 24.9 Å². The van der Waals surface area contributed by atoms with Gasteiger partial charge in [-0.15, -0.1) is 0 Å². The van der Waals surface area contributed by atoms with E-state index in [1.807, 2.05) is 30.3 Å². The third kappa shape index (κ3) is 4.80. The molecule has 0 amide bonds. The topological polar surface area (TPSA) is 73.8 Å². The van der Waals surface area contributed by atoms with Crippen LogP contribution in [0.2, 0.25) is 0 Å². The molecule has 0 saturated carbocycles. The van der Waals surface area contributed by atoms with Gasteiger partial charge in [-0.3, -0.25) is 8.97 Å². The molecule has 13 rings (SSSR count). The molecule has 0 spiro atoms. The molecule has 9 aromatic carbocycles. The van der Waals surface area contributed by atoms with Gasteiger partial charge in [-0.1, -0.05) is 133 Å². The second-order valence-corrected chi connectivity index (χ2v) is 15.3. The zero-order chi connectivity index (χ0) is 39.3. The fourth-order valence-electron chi connectivity index (χ4n) is 9.20. The van der Waals surface area contributed by atoms with Gasteiger partial charge in [-0.25, -0.2) is 24.9 Å². The molecular formula is C53H31N7. The smallest absolute Gasteiger partial charge is 0.221 e. The predicted octanol–water partition coefficient (Wildman–Crippen LogP) is 12.8. The predicted molar refractivity (Wildman–Crippen MR) is 245 cm³/mol. The Morgan fingerprint density at radius 2 is 0.967 bits per heavy atom. The summed E-state index contributed by atoms with van der Waals surface area (Å²) in [4.78, 5) is 26.3. The lowest BCUT2D eigenvalue weighted by atomic mass is 9.97. The fourth-order valence-corrected chi connectivity index (χ4v) is 9.20. The normalized spacial score (nSPS) is 12.0. The van der Waals surface area contributed by atoms with Gasteiger partial charge in [0, 0.05) is 32.8 Å². The van der Waals surface area contributed by atoms with Gasteiger partial charge in [-0.2, -0.15) is 0 Å². The van der Waals surface area contributed by atoms with E-state index in [0.29, 0.717) is 17.5 Å². The van der Waals surface area contributed by atoms with E-state index >= 15 is 0 Å². The van der Waals surface area contributed by atoms with Gasteiger partial charge < -0.3 is 0 Å². The molecule has 0 unspecified atom stereocenters. The lowest BCUT2D eigenvalue weighted by Crippen LogP contribution is -2.06. The Kier molecular flexibility index (Phi) is 6.88. The second-order valence-electron chi connectivity index (χ2n) is 15.3. The molecule has 0 atom stereocenters. The highest BCUT2D eigenvalue weighted by Crippen LogP contribution is 2.40. The summed E-state index contributed by atoms with van der Waals surface area (Å²) < 4.78 is 4.50. The highest BCUT2D eigenvalue weighted by molar-refractivity contribution is 6.22. The molecule has 0 aliphatic rings. The van der Waals surface area contributed by atoms with Crippen LogP contribution in [0.5, 0.6) is 0 Å². The van der Waals surface area contributed by atoms with Crippen LogP contribution in [0.3, 0.4) is 0 Å². The summed E-state index contributed by atoms with van der Waals surface area (Å²) in [5.74, 6) is 2.63. The van der Waals surface area contributed by atoms with E-state index in [2.05, 4.69) is 167 Å². The Morgan fingerprint density at radius 3 is 1.82 bits per heavy atom. The van der Waals surface area contributed by atoms with E-state index in [9.17, 15) is 0 Å². The number of benzene rings is 9. The molecule has 0 bridgehead atoms. The van der Waals surface area contributed by atoms with E-state index in [-0.39, 0.29) is 0 Å². The fraction of sp³-hybridized carbons (Fsp3) is 0. The van der Waals surface area contributed by atoms with Crippen molar-refractivity contribution >= 4 is 81.7 Å². The Balaban J connectivity index is 1.12. The molecule has 7 nitrogen and oxygen atoms in total. The van der Waals surface area contributed by atoms with Crippen molar-refractivity contribution in [2.24, 2.45) is 0 Å². The van der Waals surface area contributed by atoms with E-state index in [1.54, 1.807) is 0 Å². The molecule has 7 heteroatoms. The van der Waals surface area contributed by atoms with Gasteiger partial charge in [0.1, 0.15) is 5.65 Å². The standard InChI is InChI=1S/C53H31N7/c1-2-15-33(16-3-1)49-56-50(58-51(57-49)41-30-34-17-5-6-18-36(34)38-20-8-9-21-39(38)41)35-27-28-45-42(31-35)48-37-19-7-4-14-32(37)26-29-47(48)59(45)53-55-43-23-11-10-22-40(43)52-54-44-24-12-13-25-46(44)60(52)53/h1-31H. The first-order chi connectivity index (χ1) is 29.7. The summed E-state index contributed by atoms with van der Waals surface area (Å²) in [6, 6.07) is 65.6. The number of hydrogen-bond donors (Lipinski definition) is 0. The molecule has 0 saturated heterocycles. The average molecular weight is 766 g/mol. The monoisotopic (exact) mass is 765 g/mol. The van der Waals surface area contributed by atoms with Crippen LogP contribution in [-0.4, -0.2) is 33.9 Å². The van der Waals surface area contributed by atoms with Crippen molar-refractivity contribution in [3.05, 3.63) is 188 Å². The summed E-state index contributed by atoms with van der Waals surface area (Å²) in [5, 5.41) is 10.1. The maximum absolute atomic E-state index is 5.42. The van der Waals surface area contributed by atoms with Gasteiger partial charge in [-0.05, 0) is 86.9 Å². The summed E-state index contributed by atoms with van der Waals surface area (Å²) in [5.41, 5.74) is 8.53. The number of para-hydroxylation sites is 3. The van der Waals surface area contributed by atoms with Crippen molar-refractivity contribution in [1.29, 1.82) is 0 Å². The first kappa shape index (κ1) is 32.8. The number of aromatic nitrogens is 7. The van der Waals surface area contributed by atoms with Gasteiger partial charge in [0.25, 0.3) is 0 Å². The molecule has 278 valence electrons. The Labute approximate surface area is 342 Å². The first-order valence-electron chi connectivity index (χ1n) is 20.1. The summed E-state index contributed by atoms with van der Waals surface area (Å²) >= 11 is 0. The third-order valence-corrected chi connectivity index (χ3v) is 11.9. The molecule has 4 aromatic heterocycles. The van der Waals surface area contributed by atoms with Gasteiger partial charge >= 0.3 is 0 Å². The van der Waals surface area contributed by atoms with Gasteiger partial charge in [0.05, 0.1) is 27.6 Å². The molecule has 0 radical (unpaired) electrons. The van der Waals surface area contributed by atoms with Gasteiger partial charge in [0.15, 0.2) is 17.5 Å². The average Bonchev–Trinajstić information content (AvgIpc) is 3.88. The number of nitrogens with zero attached hydrogens (tertiary/aromatic N) is 7. The molecule has 60 heavy (non-hydrogen) atoms. The summed E-state index contributed by atoms with van der Waals surface area (Å²) in [6.45, 7) is 0. The van der Waals surface area contributed by atoms with Crippen LogP contribution < -0.4 is 0 Å². The molecule has 13 aromatic rings. The summed E-state index contributed by atoms with van der Waals surface area (Å²) in [6.07, 6.45) is 0. The number of hydrogen-bond acceptors (Lipinski definition) is 5. The molecule has 0 N–H and O–H groups in total. The van der Waals surface area contributed by atoms with Crippen molar-refractivity contribution in [3.63, 3.8) is 0 Å². The van der Waals surface area contributed by atoms with Crippen LogP contribution in [0.4, 0.5) is 0 Å². The quantitative estimate of drug-likeness (QED) is 0.167. The zero-order valence-corrected chi connectivity index (χ0v) is 32.0. The van der Waals surface area contributed by atoms with Gasteiger partial charge in [0.2, 0.25) is 5.95 Å². The molecule has 4 heterocycles. The SMILES string of the molecule is c1ccc(-c2nc(-c3ccc4c(c3)c3c5ccccc5ccc3n4-c3nc4ccccc4c4nc5ccccc5n34)nc(-c3cc4ccccc4c4ccccc34)n2)cc1. The van der Waals surface area contributed by atoms with Crippen LogP contribution in [0, 0.1) is 0 Å². The number of rotatable bonds is 4. The Bertz CT molecular complexity index is 3900.